The van der Waals surface area contributed by atoms with E-state index in [1.165, 1.54) is 30.7 Å². The molecule has 1 saturated carbocycles. The van der Waals surface area contributed by atoms with Gasteiger partial charge in [0.15, 0.2) is 0 Å². The van der Waals surface area contributed by atoms with Crippen LogP contribution in [0.15, 0.2) is 5.38 Å². The zero-order valence-corrected chi connectivity index (χ0v) is 10.5. The molecule has 0 radical (unpaired) electrons. The second-order valence-corrected chi connectivity index (χ2v) is 5.95. The number of rotatable bonds is 4. The number of nitrogens with one attached hydrogen (secondary N) is 1. The van der Waals surface area contributed by atoms with Gasteiger partial charge >= 0.3 is 0 Å². The van der Waals surface area contributed by atoms with Crippen molar-refractivity contribution in [3.8, 4) is 0 Å². The Balaban J connectivity index is 1.75. The highest BCUT2D eigenvalue weighted by Crippen LogP contribution is 2.36. The van der Waals surface area contributed by atoms with Gasteiger partial charge in [-0.3, -0.25) is 0 Å². The van der Waals surface area contributed by atoms with E-state index < -0.39 is 0 Å². The summed E-state index contributed by atoms with van der Waals surface area (Å²) >= 11 is 1.76. The predicted octanol–water partition coefficient (Wildman–Crippen LogP) is 3.12. The van der Waals surface area contributed by atoms with Gasteiger partial charge in [-0.2, -0.15) is 0 Å². The molecular formula is C12H20N2S. The molecule has 3 heteroatoms. The maximum absolute atomic E-state index is 4.45. The van der Waals surface area contributed by atoms with Gasteiger partial charge in [-0.25, -0.2) is 4.98 Å². The Labute approximate surface area is 96.1 Å². The van der Waals surface area contributed by atoms with Crippen molar-refractivity contribution in [3.63, 3.8) is 0 Å². The van der Waals surface area contributed by atoms with Crippen LogP contribution in [0.2, 0.25) is 0 Å². The topological polar surface area (TPSA) is 24.9 Å². The van der Waals surface area contributed by atoms with Crippen molar-refractivity contribution in [1.82, 2.24) is 10.3 Å². The third-order valence-electron chi connectivity index (χ3n) is 3.31. The van der Waals surface area contributed by atoms with Gasteiger partial charge < -0.3 is 5.32 Å². The van der Waals surface area contributed by atoms with Crippen LogP contribution in [-0.2, 0) is 6.54 Å². The standard InChI is InChI=1S/C12H20N2S/c1-10-8-15-11(14-10)7-13-9-12(2)5-3-4-6-12/h8,13H,3-7,9H2,1-2H3. The van der Waals surface area contributed by atoms with Crippen molar-refractivity contribution in [3.05, 3.63) is 16.1 Å². The van der Waals surface area contributed by atoms with Gasteiger partial charge in [0.05, 0.1) is 0 Å². The van der Waals surface area contributed by atoms with Crippen LogP contribution >= 0.6 is 11.3 Å². The Bertz CT molecular complexity index is 313. The van der Waals surface area contributed by atoms with Gasteiger partial charge in [0.2, 0.25) is 0 Å². The molecule has 2 rings (SSSR count). The van der Waals surface area contributed by atoms with Gasteiger partial charge in [-0.05, 0) is 25.2 Å². The summed E-state index contributed by atoms with van der Waals surface area (Å²) in [6.07, 6.45) is 5.59. The summed E-state index contributed by atoms with van der Waals surface area (Å²) in [6.45, 7) is 6.54. The molecule has 1 aliphatic rings. The normalized spacial score (nSPS) is 19.6. The molecule has 0 atom stereocenters. The molecule has 1 N–H and O–H groups in total. The molecular weight excluding hydrogens is 204 g/mol. The van der Waals surface area contributed by atoms with Gasteiger partial charge in [0.25, 0.3) is 0 Å². The van der Waals surface area contributed by atoms with Crippen molar-refractivity contribution in [1.29, 1.82) is 0 Å². The van der Waals surface area contributed by atoms with E-state index in [9.17, 15) is 0 Å². The monoisotopic (exact) mass is 224 g/mol. The first-order valence-electron chi connectivity index (χ1n) is 5.80. The van der Waals surface area contributed by atoms with Gasteiger partial charge in [0, 0.05) is 24.2 Å². The number of aromatic nitrogens is 1. The Hall–Kier alpha value is -0.410. The molecule has 1 aromatic rings. The lowest BCUT2D eigenvalue weighted by Gasteiger charge is -2.23. The molecule has 1 aromatic heterocycles. The molecule has 1 aliphatic carbocycles. The largest absolute Gasteiger partial charge is 0.310 e. The lowest BCUT2D eigenvalue weighted by molar-refractivity contribution is 0.314. The summed E-state index contributed by atoms with van der Waals surface area (Å²) in [5.41, 5.74) is 1.69. The minimum Gasteiger partial charge on any atom is -0.310 e. The number of nitrogens with zero attached hydrogens (tertiary/aromatic N) is 1. The van der Waals surface area contributed by atoms with Gasteiger partial charge in [-0.1, -0.05) is 19.8 Å². The highest BCUT2D eigenvalue weighted by Gasteiger charge is 2.27. The number of thiazole rings is 1. The molecule has 0 bridgehead atoms. The minimum absolute atomic E-state index is 0.548. The number of hydrogen-bond acceptors (Lipinski definition) is 3. The first-order valence-corrected chi connectivity index (χ1v) is 6.68. The zero-order valence-electron chi connectivity index (χ0n) is 9.68. The SMILES string of the molecule is Cc1csc(CNCC2(C)CCCC2)n1. The van der Waals surface area contributed by atoms with Crippen LogP contribution in [0.1, 0.15) is 43.3 Å². The van der Waals surface area contributed by atoms with E-state index in [2.05, 4.69) is 29.5 Å². The van der Waals surface area contributed by atoms with E-state index in [0.717, 1.165) is 18.8 Å². The van der Waals surface area contributed by atoms with E-state index >= 15 is 0 Å². The molecule has 84 valence electrons. The van der Waals surface area contributed by atoms with E-state index in [1.54, 1.807) is 11.3 Å². The molecule has 0 unspecified atom stereocenters. The fraction of sp³-hybridized carbons (Fsp3) is 0.750. The first-order chi connectivity index (χ1) is 7.18. The Morgan fingerprint density at radius 1 is 1.47 bits per heavy atom. The quantitative estimate of drug-likeness (QED) is 0.850. The first kappa shape index (κ1) is 11.1. The highest BCUT2D eigenvalue weighted by molar-refractivity contribution is 7.09. The van der Waals surface area contributed by atoms with Crippen molar-refractivity contribution >= 4 is 11.3 Å². The molecule has 0 aliphatic heterocycles. The Morgan fingerprint density at radius 2 is 2.20 bits per heavy atom. The molecule has 0 amide bonds. The van der Waals surface area contributed by atoms with Crippen LogP contribution in [-0.4, -0.2) is 11.5 Å². The average molecular weight is 224 g/mol. The maximum atomic E-state index is 4.45. The second kappa shape index (κ2) is 4.62. The smallest absolute Gasteiger partial charge is 0.107 e. The third-order valence-corrected chi connectivity index (χ3v) is 4.27. The third kappa shape index (κ3) is 3.02. The Morgan fingerprint density at radius 3 is 2.80 bits per heavy atom. The zero-order chi connectivity index (χ0) is 10.7. The number of hydrogen-bond donors (Lipinski definition) is 1. The highest BCUT2D eigenvalue weighted by atomic mass is 32.1. The molecule has 0 saturated heterocycles. The van der Waals surface area contributed by atoms with Gasteiger partial charge in [0.1, 0.15) is 5.01 Å². The van der Waals surface area contributed by atoms with E-state index in [-0.39, 0.29) is 0 Å². The summed E-state index contributed by atoms with van der Waals surface area (Å²) in [5.74, 6) is 0. The van der Waals surface area contributed by atoms with E-state index in [4.69, 9.17) is 0 Å². The molecule has 15 heavy (non-hydrogen) atoms. The van der Waals surface area contributed by atoms with E-state index in [1.807, 2.05) is 0 Å². The van der Waals surface area contributed by atoms with Crippen molar-refractivity contribution in [2.75, 3.05) is 6.54 Å². The summed E-state index contributed by atoms with van der Waals surface area (Å²) in [4.78, 5) is 4.45. The Kier molecular flexibility index (Phi) is 3.42. The van der Waals surface area contributed by atoms with Crippen molar-refractivity contribution < 1.29 is 0 Å². The van der Waals surface area contributed by atoms with Crippen LogP contribution in [0, 0.1) is 12.3 Å². The lowest BCUT2D eigenvalue weighted by atomic mass is 9.89. The van der Waals surface area contributed by atoms with Crippen LogP contribution in [0.3, 0.4) is 0 Å². The average Bonchev–Trinajstić information content (AvgIpc) is 2.76. The molecule has 1 fully saturated rings. The summed E-state index contributed by atoms with van der Waals surface area (Å²) < 4.78 is 0. The molecule has 0 aromatic carbocycles. The summed E-state index contributed by atoms with van der Waals surface area (Å²) in [5, 5.41) is 6.88. The predicted molar refractivity (Wildman–Crippen MR) is 65.1 cm³/mol. The van der Waals surface area contributed by atoms with E-state index in [0.29, 0.717) is 5.41 Å². The summed E-state index contributed by atoms with van der Waals surface area (Å²) in [7, 11) is 0. The van der Waals surface area contributed by atoms with Crippen LogP contribution in [0.5, 0.6) is 0 Å². The van der Waals surface area contributed by atoms with Crippen LogP contribution in [0.4, 0.5) is 0 Å². The van der Waals surface area contributed by atoms with Crippen molar-refractivity contribution in [2.24, 2.45) is 5.41 Å². The molecule has 2 nitrogen and oxygen atoms in total. The second-order valence-electron chi connectivity index (χ2n) is 5.00. The minimum atomic E-state index is 0.548. The fourth-order valence-corrected chi connectivity index (χ4v) is 3.10. The van der Waals surface area contributed by atoms with Crippen LogP contribution < -0.4 is 5.32 Å². The molecule has 0 spiro atoms. The fourth-order valence-electron chi connectivity index (χ4n) is 2.36. The number of aryl methyl sites for hydroxylation is 1. The van der Waals surface area contributed by atoms with Crippen molar-refractivity contribution in [2.45, 2.75) is 46.1 Å². The van der Waals surface area contributed by atoms with Gasteiger partial charge in [-0.15, -0.1) is 11.3 Å². The summed E-state index contributed by atoms with van der Waals surface area (Å²) in [6, 6.07) is 0. The van der Waals surface area contributed by atoms with Crippen LogP contribution in [0.25, 0.3) is 0 Å². The lowest BCUT2D eigenvalue weighted by Crippen LogP contribution is -2.29. The maximum Gasteiger partial charge on any atom is 0.107 e. The molecule has 1 heterocycles.